The summed E-state index contributed by atoms with van der Waals surface area (Å²) in [6.07, 6.45) is 8.29. The number of carbonyl (C=O) groups is 1. The number of aromatic hydroxyl groups is 1. The highest BCUT2D eigenvalue weighted by Gasteiger charge is 2.27. The summed E-state index contributed by atoms with van der Waals surface area (Å²) in [4.78, 5) is 19.2. The maximum absolute atomic E-state index is 12.7. The van der Waals surface area contributed by atoms with E-state index in [-0.39, 0.29) is 11.7 Å². The zero-order valence-corrected chi connectivity index (χ0v) is 14.2. The van der Waals surface area contributed by atoms with Gasteiger partial charge in [-0.3, -0.25) is 4.79 Å². The van der Waals surface area contributed by atoms with Crippen molar-refractivity contribution in [2.75, 3.05) is 13.1 Å². The summed E-state index contributed by atoms with van der Waals surface area (Å²) in [5, 5.41) is 9.38. The van der Waals surface area contributed by atoms with Gasteiger partial charge in [-0.05, 0) is 43.5 Å². The predicted octanol–water partition coefficient (Wildman–Crippen LogP) is 3.41. The minimum Gasteiger partial charge on any atom is -0.508 e. The summed E-state index contributed by atoms with van der Waals surface area (Å²) in [7, 11) is 0. The Morgan fingerprint density at radius 2 is 2.12 bits per heavy atom. The standard InChI is InChI=1S/C19H25N3O2/c1-2-3-11-21-13-10-20-18(21)16-5-4-12-22(14-16)19(24)15-6-8-17(23)9-7-15/h6-10,13,16,23H,2-5,11-12,14H2,1H3/t16-/m0/s1. The molecule has 24 heavy (non-hydrogen) atoms. The van der Waals surface area contributed by atoms with Crippen LogP contribution in [0.1, 0.15) is 54.7 Å². The smallest absolute Gasteiger partial charge is 0.253 e. The molecule has 1 aromatic heterocycles. The molecule has 3 rings (SSSR count). The fraction of sp³-hybridized carbons (Fsp3) is 0.474. The molecule has 1 saturated heterocycles. The van der Waals surface area contributed by atoms with Crippen LogP contribution in [0.2, 0.25) is 0 Å². The predicted molar refractivity (Wildman–Crippen MR) is 93.1 cm³/mol. The molecule has 1 aliphatic heterocycles. The Balaban J connectivity index is 1.71. The Hall–Kier alpha value is -2.30. The van der Waals surface area contributed by atoms with Gasteiger partial charge < -0.3 is 14.6 Å². The molecule has 0 bridgehead atoms. The molecular formula is C19H25N3O2. The Labute approximate surface area is 142 Å². The van der Waals surface area contributed by atoms with Gasteiger partial charge in [0.1, 0.15) is 11.6 Å². The van der Waals surface area contributed by atoms with Gasteiger partial charge in [0.25, 0.3) is 5.91 Å². The summed E-state index contributed by atoms with van der Waals surface area (Å²) in [6.45, 7) is 4.68. The molecule has 1 aliphatic rings. The second kappa shape index (κ2) is 7.51. The second-order valence-corrected chi connectivity index (χ2v) is 6.47. The van der Waals surface area contributed by atoms with Crippen LogP contribution in [0.5, 0.6) is 5.75 Å². The third-order valence-corrected chi connectivity index (χ3v) is 4.69. The molecule has 1 amide bonds. The number of aromatic nitrogens is 2. The zero-order chi connectivity index (χ0) is 16.9. The minimum absolute atomic E-state index is 0.0337. The number of phenolic OH excluding ortho intramolecular Hbond substituents is 1. The SMILES string of the molecule is CCCCn1ccnc1[C@H]1CCCN(C(=O)c2ccc(O)cc2)C1. The summed E-state index contributed by atoms with van der Waals surface area (Å²) in [5.41, 5.74) is 0.628. The highest BCUT2D eigenvalue weighted by Crippen LogP contribution is 2.27. The van der Waals surface area contributed by atoms with Gasteiger partial charge in [-0.25, -0.2) is 4.98 Å². The maximum Gasteiger partial charge on any atom is 0.253 e. The topological polar surface area (TPSA) is 58.4 Å². The number of nitrogens with zero attached hydrogens (tertiary/aromatic N) is 3. The van der Waals surface area contributed by atoms with E-state index in [1.54, 1.807) is 24.3 Å². The normalized spacial score (nSPS) is 17.9. The zero-order valence-electron chi connectivity index (χ0n) is 14.2. The average Bonchev–Trinajstić information content (AvgIpc) is 3.08. The molecule has 5 heteroatoms. The van der Waals surface area contributed by atoms with Crippen molar-refractivity contribution < 1.29 is 9.90 Å². The van der Waals surface area contributed by atoms with E-state index in [4.69, 9.17) is 0 Å². The van der Waals surface area contributed by atoms with Crippen molar-refractivity contribution >= 4 is 5.91 Å². The van der Waals surface area contributed by atoms with Gasteiger partial charge in [-0.1, -0.05) is 13.3 Å². The molecule has 0 radical (unpaired) electrons. The van der Waals surface area contributed by atoms with Gasteiger partial charge in [0.15, 0.2) is 0 Å². The number of benzene rings is 1. The average molecular weight is 327 g/mol. The first-order valence-corrected chi connectivity index (χ1v) is 8.78. The highest BCUT2D eigenvalue weighted by molar-refractivity contribution is 5.94. The van der Waals surface area contributed by atoms with Gasteiger partial charge in [0.05, 0.1) is 0 Å². The molecule has 1 N–H and O–H groups in total. The molecule has 2 aromatic rings. The molecule has 1 atom stereocenters. The van der Waals surface area contributed by atoms with E-state index in [1.165, 1.54) is 0 Å². The Morgan fingerprint density at radius 3 is 2.88 bits per heavy atom. The molecule has 5 nitrogen and oxygen atoms in total. The Morgan fingerprint density at radius 1 is 1.33 bits per heavy atom. The Bertz CT molecular complexity index is 678. The van der Waals surface area contributed by atoms with E-state index in [0.29, 0.717) is 18.0 Å². The molecular weight excluding hydrogens is 302 g/mol. The van der Waals surface area contributed by atoms with Crippen molar-refractivity contribution in [3.05, 3.63) is 48.0 Å². The van der Waals surface area contributed by atoms with E-state index < -0.39 is 0 Å². The quantitative estimate of drug-likeness (QED) is 0.915. The van der Waals surface area contributed by atoms with Crippen LogP contribution in [0.25, 0.3) is 0 Å². The van der Waals surface area contributed by atoms with Gasteiger partial charge in [0, 0.05) is 43.5 Å². The van der Waals surface area contributed by atoms with Crippen LogP contribution in [0.4, 0.5) is 0 Å². The maximum atomic E-state index is 12.7. The largest absolute Gasteiger partial charge is 0.508 e. The Kier molecular flexibility index (Phi) is 5.18. The summed E-state index contributed by atoms with van der Waals surface area (Å²) in [6, 6.07) is 6.49. The first-order valence-electron chi connectivity index (χ1n) is 8.78. The molecule has 0 aliphatic carbocycles. The number of imidazole rings is 1. The fourth-order valence-corrected chi connectivity index (χ4v) is 3.36. The van der Waals surface area contributed by atoms with Crippen molar-refractivity contribution in [2.24, 2.45) is 0 Å². The minimum atomic E-state index is 0.0337. The molecule has 1 fully saturated rings. The third kappa shape index (κ3) is 3.61. The summed E-state index contributed by atoms with van der Waals surface area (Å²) < 4.78 is 2.24. The summed E-state index contributed by atoms with van der Waals surface area (Å²) in [5.74, 6) is 1.62. The van der Waals surface area contributed by atoms with Gasteiger partial charge in [-0.15, -0.1) is 0 Å². The number of hydrogen-bond acceptors (Lipinski definition) is 3. The first-order chi connectivity index (χ1) is 11.7. The number of phenols is 1. The van der Waals surface area contributed by atoms with Crippen LogP contribution >= 0.6 is 0 Å². The summed E-state index contributed by atoms with van der Waals surface area (Å²) >= 11 is 0. The van der Waals surface area contributed by atoms with Crippen LogP contribution in [0.3, 0.4) is 0 Å². The number of amides is 1. The fourth-order valence-electron chi connectivity index (χ4n) is 3.36. The van der Waals surface area contributed by atoms with Crippen LogP contribution in [-0.2, 0) is 6.54 Å². The second-order valence-electron chi connectivity index (χ2n) is 6.47. The number of aryl methyl sites for hydroxylation is 1. The highest BCUT2D eigenvalue weighted by atomic mass is 16.3. The number of likely N-dealkylation sites (tertiary alicyclic amines) is 1. The lowest BCUT2D eigenvalue weighted by Crippen LogP contribution is -2.39. The van der Waals surface area contributed by atoms with Crippen LogP contribution < -0.4 is 0 Å². The first kappa shape index (κ1) is 16.6. The monoisotopic (exact) mass is 327 g/mol. The van der Waals surface area contributed by atoms with E-state index in [2.05, 4.69) is 16.5 Å². The molecule has 2 heterocycles. The number of hydrogen-bond donors (Lipinski definition) is 1. The van der Waals surface area contributed by atoms with Gasteiger partial charge in [0.2, 0.25) is 0 Å². The molecule has 128 valence electrons. The van der Waals surface area contributed by atoms with Gasteiger partial charge in [-0.2, -0.15) is 0 Å². The number of piperidine rings is 1. The van der Waals surface area contributed by atoms with Crippen molar-refractivity contribution in [1.29, 1.82) is 0 Å². The molecule has 0 unspecified atom stereocenters. The third-order valence-electron chi connectivity index (χ3n) is 4.69. The van der Waals surface area contributed by atoms with Crippen LogP contribution in [0, 0.1) is 0 Å². The van der Waals surface area contributed by atoms with E-state index >= 15 is 0 Å². The van der Waals surface area contributed by atoms with Crippen LogP contribution in [0.15, 0.2) is 36.7 Å². The number of carbonyl (C=O) groups excluding carboxylic acids is 1. The van der Waals surface area contributed by atoms with E-state index in [1.807, 2.05) is 17.3 Å². The lowest BCUT2D eigenvalue weighted by molar-refractivity contribution is 0.0703. The van der Waals surface area contributed by atoms with Crippen molar-refractivity contribution in [3.8, 4) is 5.75 Å². The molecule has 1 aromatic carbocycles. The van der Waals surface area contributed by atoms with Crippen molar-refractivity contribution in [2.45, 2.75) is 45.1 Å². The number of rotatable bonds is 5. The molecule has 0 saturated carbocycles. The van der Waals surface area contributed by atoms with Crippen molar-refractivity contribution in [3.63, 3.8) is 0 Å². The van der Waals surface area contributed by atoms with Gasteiger partial charge >= 0.3 is 0 Å². The van der Waals surface area contributed by atoms with E-state index in [0.717, 1.165) is 44.6 Å². The lowest BCUT2D eigenvalue weighted by Gasteiger charge is -2.32. The lowest BCUT2D eigenvalue weighted by atomic mass is 9.96. The number of unbranched alkanes of at least 4 members (excludes halogenated alkanes) is 1. The molecule has 0 spiro atoms. The van der Waals surface area contributed by atoms with Crippen LogP contribution in [-0.4, -0.2) is 38.6 Å². The van der Waals surface area contributed by atoms with E-state index in [9.17, 15) is 9.90 Å². The van der Waals surface area contributed by atoms with Crippen molar-refractivity contribution in [1.82, 2.24) is 14.5 Å².